The van der Waals surface area contributed by atoms with Gasteiger partial charge in [-0.3, -0.25) is 9.11 Å². The van der Waals surface area contributed by atoms with E-state index in [4.69, 9.17) is 17.5 Å². The molecule has 0 fully saturated rings. The molecule has 0 aliphatic carbocycles. The Morgan fingerprint density at radius 1 is 1.04 bits per heavy atom. The van der Waals surface area contributed by atoms with Crippen LogP contribution in [0.15, 0.2) is 24.4 Å². The number of unbranched alkanes of at least 4 members (excludes halogenated alkanes) is 9. The van der Waals surface area contributed by atoms with E-state index in [1.165, 1.54) is 70.1 Å². The summed E-state index contributed by atoms with van der Waals surface area (Å²) in [5.74, 6) is -0.113. The predicted octanol–water partition coefficient (Wildman–Crippen LogP) is 2.08. The first-order valence-electron chi connectivity index (χ1n) is 8.76. The van der Waals surface area contributed by atoms with E-state index >= 15 is 0 Å². The van der Waals surface area contributed by atoms with Gasteiger partial charge in [0.05, 0.1) is 0 Å². The summed E-state index contributed by atoms with van der Waals surface area (Å²) in [6, 6.07) is 4.55. The molecular weight excluding hydrogens is 383 g/mol. The summed E-state index contributed by atoms with van der Waals surface area (Å²) >= 11 is 0. The SMILES string of the molecule is O=S(=O)(O)O.O=[N+]([O-])c1ccccn1.[CH2-]CCCCCCCCCCC.[Na+]. The Morgan fingerprint density at radius 2 is 1.48 bits per heavy atom. The first-order chi connectivity index (χ1) is 12.2. The second kappa shape index (κ2) is 21.7. The second-order valence-electron chi connectivity index (χ2n) is 5.57. The number of hydrogen-bond donors (Lipinski definition) is 2. The van der Waals surface area contributed by atoms with E-state index in [2.05, 4.69) is 18.8 Å². The maximum absolute atomic E-state index is 9.94. The van der Waals surface area contributed by atoms with Gasteiger partial charge in [-0.1, -0.05) is 70.8 Å². The molecule has 0 amide bonds. The quantitative estimate of drug-likeness (QED) is 0.150. The summed E-state index contributed by atoms with van der Waals surface area (Å²) in [5.41, 5.74) is 0. The molecule has 0 spiro atoms. The van der Waals surface area contributed by atoms with Crippen LogP contribution < -0.4 is 29.6 Å². The van der Waals surface area contributed by atoms with Gasteiger partial charge < -0.3 is 17.0 Å². The summed E-state index contributed by atoms with van der Waals surface area (Å²) < 4.78 is 31.6. The van der Waals surface area contributed by atoms with Crippen molar-refractivity contribution >= 4 is 16.2 Å². The molecule has 1 aromatic heterocycles. The van der Waals surface area contributed by atoms with Gasteiger partial charge in [-0.25, -0.2) is 0 Å². The molecule has 152 valence electrons. The van der Waals surface area contributed by atoms with E-state index in [0.717, 1.165) is 6.42 Å². The average Bonchev–Trinajstić information content (AvgIpc) is 2.57. The second-order valence-corrected chi connectivity index (χ2v) is 6.47. The molecule has 0 saturated heterocycles. The minimum atomic E-state index is -4.67. The van der Waals surface area contributed by atoms with E-state index < -0.39 is 15.3 Å². The maximum Gasteiger partial charge on any atom is 1.00 e. The summed E-state index contributed by atoms with van der Waals surface area (Å²) in [5, 5.41) is 9.94. The minimum Gasteiger partial charge on any atom is -0.358 e. The number of aromatic nitrogens is 1. The van der Waals surface area contributed by atoms with E-state index in [0.29, 0.717) is 0 Å². The molecule has 0 radical (unpaired) electrons. The molecular formula is C17H31N2NaO6S. The third-order valence-electron chi connectivity index (χ3n) is 3.19. The van der Waals surface area contributed by atoms with Crippen LogP contribution in [0, 0.1) is 17.0 Å². The van der Waals surface area contributed by atoms with Crippen molar-refractivity contribution in [3.8, 4) is 0 Å². The van der Waals surface area contributed by atoms with Crippen LogP contribution in [-0.4, -0.2) is 27.4 Å². The van der Waals surface area contributed by atoms with Crippen molar-refractivity contribution in [3.63, 3.8) is 0 Å². The molecule has 0 unspecified atom stereocenters. The maximum atomic E-state index is 9.94. The largest absolute Gasteiger partial charge is 1.00 e. The fourth-order valence-electron chi connectivity index (χ4n) is 1.95. The fourth-order valence-corrected chi connectivity index (χ4v) is 1.95. The van der Waals surface area contributed by atoms with Crippen LogP contribution >= 0.6 is 0 Å². The molecule has 1 rings (SSSR count). The van der Waals surface area contributed by atoms with Gasteiger partial charge in [0.25, 0.3) is 0 Å². The Morgan fingerprint density at radius 3 is 1.78 bits per heavy atom. The van der Waals surface area contributed by atoms with Crippen LogP contribution in [0.25, 0.3) is 0 Å². The Labute approximate surface area is 185 Å². The molecule has 8 nitrogen and oxygen atoms in total. The minimum absolute atomic E-state index is 0. The zero-order chi connectivity index (χ0) is 20.3. The normalized spacial score (nSPS) is 9.78. The van der Waals surface area contributed by atoms with Gasteiger partial charge in [0.2, 0.25) is 0 Å². The van der Waals surface area contributed by atoms with E-state index in [-0.39, 0.29) is 35.4 Å². The standard InChI is InChI=1S/C12H25.C5H4N2O2.Na.H2O4S/c1-3-5-7-9-11-12-10-8-6-4-2;8-7(9)5-3-1-2-4-6-5;;1-5(2,3)4/h1,3-12H2,2H3;1-4H;;(H2,1,2,3,4)/q-1;;+1;. The third kappa shape index (κ3) is 33.4. The molecule has 0 bridgehead atoms. The van der Waals surface area contributed by atoms with Gasteiger partial charge in [0.1, 0.15) is 6.20 Å². The van der Waals surface area contributed by atoms with Gasteiger partial charge in [0.15, 0.2) is 0 Å². The molecule has 1 heterocycles. The van der Waals surface area contributed by atoms with Crippen molar-refractivity contribution in [1.29, 1.82) is 0 Å². The van der Waals surface area contributed by atoms with Crippen molar-refractivity contribution in [3.05, 3.63) is 41.4 Å². The molecule has 2 N–H and O–H groups in total. The molecule has 0 aliphatic rings. The fraction of sp³-hybridized carbons (Fsp3) is 0.647. The van der Waals surface area contributed by atoms with Gasteiger partial charge in [-0.15, -0.1) is 0 Å². The van der Waals surface area contributed by atoms with Crippen molar-refractivity contribution < 1.29 is 52.0 Å². The van der Waals surface area contributed by atoms with Gasteiger partial charge >= 0.3 is 45.8 Å². The van der Waals surface area contributed by atoms with Crippen LogP contribution in [0.3, 0.4) is 0 Å². The van der Waals surface area contributed by atoms with E-state index in [9.17, 15) is 10.1 Å². The molecule has 0 atom stereocenters. The van der Waals surface area contributed by atoms with Gasteiger partial charge in [0, 0.05) is 6.07 Å². The number of hydrogen-bond acceptors (Lipinski definition) is 5. The van der Waals surface area contributed by atoms with Crippen LogP contribution in [-0.2, 0) is 10.4 Å². The molecule has 27 heavy (non-hydrogen) atoms. The molecule has 0 saturated carbocycles. The molecule has 0 aromatic carbocycles. The van der Waals surface area contributed by atoms with Crippen LogP contribution in [0.5, 0.6) is 0 Å². The zero-order valence-electron chi connectivity index (χ0n) is 16.4. The first-order valence-corrected chi connectivity index (χ1v) is 10.2. The third-order valence-corrected chi connectivity index (χ3v) is 3.19. The van der Waals surface area contributed by atoms with Crippen molar-refractivity contribution in [2.24, 2.45) is 0 Å². The van der Waals surface area contributed by atoms with Crippen molar-refractivity contribution in [1.82, 2.24) is 4.98 Å². The average molecular weight is 415 g/mol. The Kier molecular flexibility index (Phi) is 25.0. The topological polar surface area (TPSA) is 131 Å². The molecule has 0 aliphatic heterocycles. The number of pyridine rings is 1. The summed E-state index contributed by atoms with van der Waals surface area (Å²) in [7, 11) is -4.67. The number of nitro groups is 1. The summed E-state index contributed by atoms with van der Waals surface area (Å²) in [6.07, 6.45) is 15.3. The molecule has 10 heteroatoms. The number of rotatable bonds is 10. The van der Waals surface area contributed by atoms with Crippen molar-refractivity contribution in [2.45, 2.75) is 71.1 Å². The molecule has 1 aromatic rings. The van der Waals surface area contributed by atoms with Crippen LogP contribution in [0.2, 0.25) is 0 Å². The van der Waals surface area contributed by atoms with Gasteiger partial charge in [-0.05, 0) is 16.0 Å². The first kappa shape index (κ1) is 31.1. The van der Waals surface area contributed by atoms with E-state index in [1.807, 2.05) is 0 Å². The predicted molar refractivity (Wildman–Crippen MR) is 102 cm³/mol. The number of nitrogens with zero attached hydrogens (tertiary/aromatic N) is 2. The van der Waals surface area contributed by atoms with Gasteiger partial charge in [-0.2, -0.15) is 14.8 Å². The van der Waals surface area contributed by atoms with E-state index in [1.54, 1.807) is 12.1 Å². The Balaban J connectivity index is -0.000000340. The van der Waals surface area contributed by atoms with Crippen molar-refractivity contribution in [2.75, 3.05) is 0 Å². The Bertz CT molecular complexity index is 526. The Hall–Kier alpha value is -0.580. The monoisotopic (exact) mass is 414 g/mol. The van der Waals surface area contributed by atoms with Crippen LogP contribution in [0.1, 0.15) is 71.1 Å². The zero-order valence-corrected chi connectivity index (χ0v) is 19.2. The van der Waals surface area contributed by atoms with Crippen LogP contribution in [0.4, 0.5) is 5.82 Å². The smallest absolute Gasteiger partial charge is 0.358 e. The summed E-state index contributed by atoms with van der Waals surface area (Å²) in [6.45, 7) is 6.12. The summed E-state index contributed by atoms with van der Waals surface area (Å²) in [4.78, 5) is 12.9.